The summed E-state index contributed by atoms with van der Waals surface area (Å²) in [5.41, 5.74) is 2.49. The van der Waals surface area contributed by atoms with Crippen LogP contribution in [-0.4, -0.2) is 38.9 Å². The molecular weight excluding hydrogens is 326 g/mol. The van der Waals surface area contributed by atoms with Gasteiger partial charge in [0.1, 0.15) is 11.4 Å². The first-order valence-electron chi connectivity index (χ1n) is 9.46. The Balaban J connectivity index is 1.43. The molecule has 0 N–H and O–H groups in total. The van der Waals surface area contributed by atoms with Gasteiger partial charge in [0.15, 0.2) is 5.82 Å². The molecule has 1 fully saturated rings. The third-order valence-electron chi connectivity index (χ3n) is 5.45. The van der Waals surface area contributed by atoms with Gasteiger partial charge in [-0.1, -0.05) is 12.1 Å². The number of Topliss-reactive ketones (excluding diaryl/α,β-unsaturated/α-hetero) is 1. The molecule has 3 heterocycles. The Labute approximate surface area is 155 Å². The molecule has 0 amide bonds. The molecule has 5 heteroatoms. The Bertz CT molecular complexity index is 824. The lowest BCUT2D eigenvalue weighted by molar-refractivity contribution is 0.0797. The number of benzene rings is 1. The maximum Gasteiger partial charge on any atom is 0.202 e. The summed E-state index contributed by atoms with van der Waals surface area (Å²) in [6, 6.07) is 6.53. The number of likely N-dealkylation sites (tertiary alicyclic amines) is 1. The standard InChI is InChI=1S/C21H27N3O2/c1-21(2)12-17-11-15(6-7-18(17)26-21)13-24-9-4-5-16(14-24)19(25)20-22-8-10-23(20)3/h6-8,10-11,16H,4-5,9,12-14H2,1-3H3/t16-/m0/s1. The largest absolute Gasteiger partial charge is 0.487 e. The average Bonchev–Trinajstić information content (AvgIpc) is 3.15. The van der Waals surface area contributed by atoms with E-state index in [9.17, 15) is 4.79 Å². The molecule has 26 heavy (non-hydrogen) atoms. The highest BCUT2D eigenvalue weighted by atomic mass is 16.5. The van der Waals surface area contributed by atoms with Crippen molar-refractivity contribution in [3.63, 3.8) is 0 Å². The van der Waals surface area contributed by atoms with Gasteiger partial charge in [-0.2, -0.15) is 0 Å². The van der Waals surface area contributed by atoms with Crippen LogP contribution in [0.25, 0.3) is 0 Å². The second-order valence-electron chi connectivity index (χ2n) is 8.28. The summed E-state index contributed by atoms with van der Waals surface area (Å²) in [5.74, 6) is 1.81. The van der Waals surface area contributed by atoms with Crippen molar-refractivity contribution in [3.8, 4) is 5.75 Å². The van der Waals surface area contributed by atoms with Crippen LogP contribution in [0.4, 0.5) is 0 Å². The zero-order chi connectivity index (χ0) is 18.3. The molecule has 0 saturated carbocycles. The van der Waals surface area contributed by atoms with Gasteiger partial charge in [0.25, 0.3) is 0 Å². The number of hydrogen-bond acceptors (Lipinski definition) is 4. The van der Waals surface area contributed by atoms with Crippen LogP contribution in [-0.2, 0) is 20.0 Å². The predicted octanol–water partition coefficient (Wildman–Crippen LogP) is 3.23. The minimum Gasteiger partial charge on any atom is -0.487 e. The minimum atomic E-state index is -0.105. The molecule has 1 saturated heterocycles. The number of carbonyl (C=O) groups is 1. The first-order valence-corrected chi connectivity index (χ1v) is 9.46. The van der Waals surface area contributed by atoms with Crippen LogP contribution in [0.3, 0.4) is 0 Å². The zero-order valence-electron chi connectivity index (χ0n) is 15.9. The Morgan fingerprint density at radius 1 is 1.38 bits per heavy atom. The fourth-order valence-corrected chi connectivity index (χ4v) is 4.22. The lowest BCUT2D eigenvalue weighted by atomic mass is 9.92. The molecule has 0 aliphatic carbocycles. The van der Waals surface area contributed by atoms with Crippen LogP contribution >= 0.6 is 0 Å². The lowest BCUT2D eigenvalue weighted by Crippen LogP contribution is -2.38. The Morgan fingerprint density at radius 3 is 3.00 bits per heavy atom. The van der Waals surface area contributed by atoms with Crippen LogP contribution in [0.5, 0.6) is 5.75 Å². The third kappa shape index (κ3) is 3.40. The summed E-state index contributed by atoms with van der Waals surface area (Å²) in [6.45, 7) is 7.00. The van der Waals surface area contributed by atoms with Crippen molar-refractivity contribution in [3.05, 3.63) is 47.5 Å². The van der Waals surface area contributed by atoms with E-state index in [0.717, 1.165) is 44.6 Å². The fourth-order valence-electron chi connectivity index (χ4n) is 4.22. The van der Waals surface area contributed by atoms with Gasteiger partial charge < -0.3 is 9.30 Å². The zero-order valence-corrected chi connectivity index (χ0v) is 15.9. The van der Waals surface area contributed by atoms with Crippen molar-refractivity contribution in [2.24, 2.45) is 13.0 Å². The minimum absolute atomic E-state index is 0.0431. The predicted molar refractivity (Wildman–Crippen MR) is 100 cm³/mol. The second kappa shape index (κ2) is 6.54. The number of imidazole rings is 1. The van der Waals surface area contributed by atoms with Crippen molar-refractivity contribution >= 4 is 5.78 Å². The van der Waals surface area contributed by atoms with E-state index in [4.69, 9.17) is 4.74 Å². The van der Waals surface area contributed by atoms with Crippen molar-refractivity contribution in [1.29, 1.82) is 0 Å². The summed E-state index contributed by atoms with van der Waals surface area (Å²) < 4.78 is 7.80. The number of aryl methyl sites for hydroxylation is 1. The SMILES string of the molecule is Cn1ccnc1C(=O)[C@H]1CCCN(Cc2ccc3c(c2)CC(C)(C)O3)C1. The van der Waals surface area contributed by atoms with Gasteiger partial charge in [0.2, 0.25) is 5.78 Å². The van der Waals surface area contributed by atoms with E-state index in [0.29, 0.717) is 5.82 Å². The first kappa shape index (κ1) is 17.3. The molecule has 0 radical (unpaired) electrons. The molecule has 0 unspecified atom stereocenters. The molecule has 0 bridgehead atoms. The number of ether oxygens (including phenoxy) is 1. The van der Waals surface area contributed by atoms with Crippen LogP contribution in [0.2, 0.25) is 0 Å². The molecule has 5 nitrogen and oxygen atoms in total. The van der Waals surface area contributed by atoms with Gasteiger partial charge in [0.05, 0.1) is 0 Å². The van der Waals surface area contributed by atoms with E-state index in [-0.39, 0.29) is 17.3 Å². The topological polar surface area (TPSA) is 47.4 Å². The molecule has 2 aromatic rings. The quantitative estimate of drug-likeness (QED) is 0.792. The third-order valence-corrected chi connectivity index (χ3v) is 5.45. The van der Waals surface area contributed by atoms with E-state index in [2.05, 4.69) is 41.9 Å². The van der Waals surface area contributed by atoms with Crippen LogP contribution in [0, 0.1) is 5.92 Å². The van der Waals surface area contributed by atoms with Crippen molar-refractivity contribution in [2.75, 3.05) is 13.1 Å². The number of fused-ring (bicyclic) bond motifs is 1. The average molecular weight is 353 g/mol. The maximum atomic E-state index is 12.8. The summed E-state index contributed by atoms with van der Waals surface area (Å²) >= 11 is 0. The summed E-state index contributed by atoms with van der Waals surface area (Å²) in [6.07, 6.45) is 6.50. The lowest BCUT2D eigenvalue weighted by Gasteiger charge is -2.31. The van der Waals surface area contributed by atoms with Gasteiger partial charge >= 0.3 is 0 Å². The summed E-state index contributed by atoms with van der Waals surface area (Å²) in [4.78, 5) is 19.4. The molecular formula is C21H27N3O2. The molecule has 1 aromatic heterocycles. The fraction of sp³-hybridized carbons (Fsp3) is 0.524. The Morgan fingerprint density at radius 2 is 2.23 bits per heavy atom. The number of aromatic nitrogens is 2. The van der Waals surface area contributed by atoms with Gasteiger partial charge in [-0.3, -0.25) is 9.69 Å². The number of carbonyl (C=O) groups excluding carboxylic acids is 1. The monoisotopic (exact) mass is 353 g/mol. The normalized spacial score (nSPS) is 22.0. The van der Waals surface area contributed by atoms with E-state index in [1.807, 2.05) is 17.8 Å². The Hall–Kier alpha value is -2.14. The number of nitrogens with zero attached hydrogens (tertiary/aromatic N) is 3. The van der Waals surface area contributed by atoms with Gasteiger partial charge in [-0.25, -0.2) is 4.98 Å². The molecule has 138 valence electrons. The van der Waals surface area contributed by atoms with Gasteiger partial charge in [0, 0.05) is 44.9 Å². The summed E-state index contributed by atoms with van der Waals surface area (Å²) in [5, 5.41) is 0. The first-order chi connectivity index (χ1) is 12.4. The molecule has 0 spiro atoms. The smallest absolute Gasteiger partial charge is 0.202 e. The van der Waals surface area contributed by atoms with Gasteiger partial charge in [-0.05, 0) is 50.4 Å². The van der Waals surface area contributed by atoms with Crippen LogP contribution < -0.4 is 4.74 Å². The van der Waals surface area contributed by atoms with Crippen molar-refractivity contribution < 1.29 is 9.53 Å². The maximum absolute atomic E-state index is 12.8. The number of rotatable bonds is 4. The van der Waals surface area contributed by atoms with Crippen LogP contribution in [0.15, 0.2) is 30.6 Å². The molecule has 1 aromatic carbocycles. The van der Waals surface area contributed by atoms with E-state index >= 15 is 0 Å². The summed E-state index contributed by atoms with van der Waals surface area (Å²) in [7, 11) is 1.88. The molecule has 2 aliphatic rings. The number of hydrogen-bond donors (Lipinski definition) is 0. The van der Waals surface area contributed by atoms with E-state index in [1.165, 1.54) is 11.1 Å². The highest BCUT2D eigenvalue weighted by molar-refractivity contribution is 5.94. The van der Waals surface area contributed by atoms with Crippen molar-refractivity contribution in [1.82, 2.24) is 14.5 Å². The number of ketones is 1. The highest BCUT2D eigenvalue weighted by Gasteiger charge is 2.31. The van der Waals surface area contributed by atoms with Crippen LogP contribution in [0.1, 0.15) is 48.4 Å². The number of piperidine rings is 1. The molecule has 4 rings (SSSR count). The van der Waals surface area contributed by atoms with E-state index in [1.54, 1.807) is 6.20 Å². The highest BCUT2D eigenvalue weighted by Crippen LogP contribution is 2.35. The molecule has 1 atom stereocenters. The van der Waals surface area contributed by atoms with Crippen molar-refractivity contribution in [2.45, 2.75) is 45.3 Å². The van der Waals surface area contributed by atoms with E-state index < -0.39 is 0 Å². The molecule has 2 aliphatic heterocycles. The Kier molecular flexibility index (Phi) is 4.35. The van der Waals surface area contributed by atoms with Gasteiger partial charge in [-0.15, -0.1) is 0 Å². The second-order valence-corrected chi connectivity index (χ2v) is 8.28.